The molecule has 1 N–H and O–H groups in total. The lowest BCUT2D eigenvalue weighted by molar-refractivity contribution is -0.144. The molecule has 0 saturated heterocycles. The van der Waals surface area contributed by atoms with E-state index in [-0.39, 0.29) is 12.0 Å². The number of thioether (sulfide) groups is 1. The first-order valence-corrected chi connectivity index (χ1v) is 7.26. The van der Waals surface area contributed by atoms with E-state index in [4.69, 9.17) is 4.74 Å². The smallest absolute Gasteiger partial charge is 0.323 e. The van der Waals surface area contributed by atoms with Gasteiger partial charge in [0.25, 0.3) is 0 Å². The Morgan fingerprint density at radius 3 is 2.72 bits per heavy atom. The lowest BCUT2D eigenvalue weighted by Crippen LogP contribution is -2.40. The van der Waals surface area contributed by atoms with Crippen molar-refractivity contribution < 1.29 is 9.53 Å². The van der Waals surface area contributed by atoms with Crippen molar-refractivity contribution in [2.24, 2.45) is 0 Å². The molecule has 0 bridgehead atoms. The SMILES string of the molecule is CCNC(CSc1ccccc1C)C(=O)OCC. The number of carbonyl (C=O) groups is 1. The van der Waals surface area contributed by atoms with Gasteiger partial charge in [0, 0.05) is 10.6 Å². The summed E-state index contributed by atoms with van der Waals surface area (Å²) in [6, 6.07) is 7.96. The second kappa shape index (κ2) is 8.16. The van der Waals surface area contributed by atoms with Crippen molar-refractivity contribution in [1.82, 2.24) is 5.32 Å². The highest BCUT2D eigenvalue weighted by Crippen LogP contribution is 2.22. The summed E-state index contributed by atoms with van der Waals surface area (Å²) < 4.78 is 5.06. The van der Waals surface area contributed by atoms with Crippen LogP contribution < -0.4 is 5.32 Å². The summed E-state index contributed by atoms with van der Waals surface area (Å²) >= 11 is 1.69. The lowest BCUT2D eigenvalue weighted by atomic mass is 10.2. The van der Waals surface area contributed by atoms with Crippen LogP contribution in [0.15, 0.2) is 29.2 Å². The van der Waals surface area contributed by atoms with Gasteiger partial charge < -0.3 is 10.1 Å². The molecular formula is C14H21NO2S. The molecule has 1 atom stereocenters. The van der Waals surface area contributed by atoms with Gasteiger partial charge in [-0.15, -0.1) is 11.8 Å². The van der Waals surface area contributed by atoms with Crippen LogP contribution in [0.25, 0.3) is 0 Å². The van der Waals surface area contributed by atoms with E-state index >= 15 is 0 Å². The van der Waals surface area contributed by atoms with E-state index in [0.29, 0.717) is 12.4 Å². The zero-order valence-electron chi connectivity index (χ0n) is 11.2. The number of hydrogen-bond acceptors (Lipinski definition) is 4. The van der Waals surface area contributed by atoms with Crippen LogP contribution in [0.3, 0.4) is 0 Å². The summed E-state index contributed by atoms with van der Waals surface area (Å²) in [5.74, 6) is 0.526. The van der Waals surface area contributed by atoms with Gasteiger partial charge >= 0.3 is 5.97 Å². The summed E-state index contributed by atoms with van der Waals surface area (Å²) in [7, 11) is 0. The molecule has 100 valence electrons. The molecule has 18 heavy (non-hydrogen) atoms. The monoisotopic (exact) mass is 267 g/mol. The molecule has 0 heterocycles. The molecule has 0 spiro atoms. The summed E-state index contributed by atoms with van der Waals surface area (Å²) in [6.07, 6.45) is 0. The Hall–Kier alpha value is -1.00. The third-order valence-corrected chi connectivity index (χ3v) is 3.79. The van der Waals surface area contributed by atoms with E-state index in [9.17, 15) is 4.79 Å². The number of hydrogen-bond donors (Lipinski definition) is 1. The zero-order valence-corrected chi connectivity index (χ0v) is 12.0. The number of ether oxygens (including phenoxy) is 1. The van der Waals surface area contributed by atoms with Crippen molar-refractivity contribution in [3.8, 4) is 0 Å². The largest absolute Gasteiger partial charge is 0.465 e. The highest BCUT2D eigenvalue weighted by Gasteiger charge is 2.18. The fourth-order valence-electron chi connectivity index (χ4n) is 1.59. The first-order valence-electron chi connectivity index (χ1n) is 6.27. The molecule has 0 aliphatic carbocycles. The molecule has 0 saturated carbocycles. The fraction of sp³-hybridized carbons (Fsp3) is 0.500. The van der Waals surface area contributed by atoms with E-state index < -0.39 is 0 Å². The van der Waals surface area contributed by atoms with Gasteiger partial charge in [-0.2, -0.15) is 0 Å². The molecule has 1 aromatic rings. The minimum Gasteiger partial charge on any atom is -0.465 e. The van der Waals surface area contributed by atoms with Crippen LogP contribution in [0, 0.1) is 6.92 Å². The van der Waals surface area contributed by atoms with Gasteiger partial charge in [0.05, 0.1) is 6.61 Å². The summed E-state index contributed by atoms with van der Waals surface area (Å²) in [5.41, 5.74) is 1.24. The van der Waals surface area contributed by atoms with Gasteiger partial charge in [-0.1, -0.05) is 25.1 Å². The van der Waals surface area contributed by atoms with Gasteiger partial charge in [0.2, 0.25) is 0 Å². The molecule has 0 aliphatic heterocycles. The summed E-state index contributed by atoms with van der Waals surface area (Å²) in [5, 5.41) is 3.16. The maximum Gasteiger partial charge on any atom is 0.323 e. The van der Waals surface area contributed by atoms with Crippen LogP contribution in [0.1, 0.15) is 19.4 Å². The Bertz CT molecular complexity index is 382. The molecular weight excluding hydrogens is 246 g/mol. The molecule has 0 aliphatic rings. The summed E-state index contributed by atoms with van der Waals surface area (Å²) in [6.45, 7) is 7.09. The third kappa shape index (κ3) is 4.70. The van der Waals surface area contributed by atoms with Crippen molar-refractivity contribution in [3.05, 3.63) is 29.8 Å². The van der Waals surface area contributed by atoms with Crippen molar-refractivity contribution in [2.45, 2.75) is 31.7 Å². The minimum absolute atomic E-state index is 0.166. The van der Waals surface area contributed by atoms with Crippen molar-refractivity contribution in [2.75, 3.05) is 18.9 Å². The molecule has 0 radical (unpaired) electrons. The number of nitrogens with one attached hydrogen (secondary N) is 1. The quantitative estimate of drug-likeness (QED) is 0.609. The van der Waals surface area contributed by atoms with Gasteiger partial charge in [-0.25, -0.2) is 0 Å². The second-order valence-corrected chi connectivity index (χ2v) is 5.00. The van der Waals surface area contributed by atoms with Gasteiger partial charge in [-0.05, 0) is 32.0 Å². The molecule has 4 heteroatoms. The van der Waals surface area contributed by atoms with E-state index in [2.05, 4.69) is 24.4 Å². The average Bonchev–Trinajstić information content (AvgIpc) is 2.36. The number of likely N-dealkylation sites (N-methyl/N-ethyl adjacent to an activating group) is 1. The Balaban J connectivity index is 2.57. The fourth-order valence-corrected chi connectivity index (χ4v) is 2.66. The third-order valence-electron chi connectivity index (χ3n) is 2.52. The topological polar surface area (TPSA) is 38.3 Å². The Morgan fingerprint density at radius 1 is 1.39 bits per heavy atom. The minimum atomic E-state index is -0.237. The molecule has 1 rings (SSSR count). The van der Waals surface area contributed by atoms with E-state index in [0.717, 1.165) is 6.54 Å². The van der Waals surface area contributed by atoms with Crippen molar-refractivity contribution >= 4 is 17.7 Å². The van der Waals surface area contributed by atoms with Crippen LogP contribution in [-0.4, -0.2) is 30.9 Å². The van der Waals surface area contributed by atoms with Crippen molar-refractivity contribution in [3.63, 3.8) is 0 Å². The first kappa shape index (κ1) is 15.1. The highest BCUT2D eigenvalue weighted by atomic mass is 32.2. The summed E-state index contributed by atoms with van der Waals surface area (Å²) in [4.78, 5) is 13.0. The lowest BCUT2D eigenvalue weighted by Gasteiger charge is -2.16. The van der Waals surface area contributed by atoms with Crippen LogP contribution in [-0.2, 0) is 9.53 Å². The standard InChI is InChI=1S/C14H21NO2S/c1-4-15-12(14(16)17-5-2)10-18-13-9-7-6-8-11(13)3/h6-9,12,15H,4-5,10H2,1-3H3. The molecule has 0 amide bonds. The number of benzene rings is 1. The predicted octanol–water partition coefficient (Wildman–Crippen LogP) is 2.63. The number of aryl methyl sites for hydroxylation is 1. The molecule has 1 unspecified atom stereocenters. The van der Waals surface area contributed by atoms with E-state index in [1.807, 2.05) is 26.0 Å². The number of carbonyl (C=O) groups excluding carboxylic acids is 1. The molecule has 1 aromatic carbocycles. The van der Waals surface area contributed by atoms with Crippen LogP contribution in [0.2, 0.25) is 0 Å². The van der Waals surface area contributed by atoms with Gasteiger partial charge in [-0.3, -0.25) is 4.79 Å². The molecule has 0 aromatic heterocycles. The Morgan fingerprint density at radius 2 is 2.11 bits per heavy atom. The predicted molar refractivity (Wildman–Crippen MR) is 76.0 cm³/mol. The van der Waals surface area contributed by atoms with Crippen molar-refractivity contribution in [1.29, 1.82) is 0 Å². The second-order valence-electron chi connectivity index (χ2n) is 3.94. The maximum atomic E-state index is 11.7. The van der Waals surface area contributed by atoms with E-state index in [1.54, 1.807) is 11.8 Å². The van der Waals surface area contributed by atoms with Gasteiger partial charge in [0.1, 0.15) is 6.04 Å². The number of rotatable bonds is 7. The molecule has 3 nitrogen and oxygen atoms in total. The Labute approximate surface area is 113 Å². The van der Waals surface area contributed by atoms with Crippen LogP contribution in [0.4, 0.5) is 0 Å². The zero-order chi connectivity index (χ0) is 13.4. The van der Waals surface area contributed by atoms with E-state index in [1.165, 1.54) is 10.5 Å². The first-order chi connectivity index (χ1) is 8.69. The number of esters is 1. The maximum absolute atomic E-state index is 11.7. The van der Waals surface area contributed by atoms with Crippen LogP contribution in [0.5, 0.6) is 0 Å². The Kier molecular flexibility index (Phi) is 6.83. The van der Waals surface area contributed by atoms with Crippen LogP contribution >= 0.6 is 11.8 Å². The highest BCUT2D eigenvalue weighted by molar-refractivity contribution is 7.99. The normalized spacial score (nSPS) is 12.2. The molecule has 0 fully saturated rings. The average molecular weight is 267 g/mol. The van der Waals surface area contributed by atoms with Gasteiger partial charge in [0.15, 0.2) is 0 Å².